The number of thioether (sulfide) groups is 2. The van der Waals surface area contributed by atoms with Crippen molar-refractivity contribution < 1.29 is 4.79 Å². The first kappa shape index (κ1) is 18.4. The summed E-state index contributed by atoms with van der Waals surface area (Å²) in [5.74, 6) is 0.270. The SMILES string of the molecule is O=C(CSC(=S)N1CCCC1)Nc1nnc(SC2CCCCC2)s1. The van der Waals surface area contributed by atoms with Crippen LogP contribution in [0.3, 0.4) is 0 Å². The lowest BCUT2D eigenvalue weighted by atomic mass is 10.0. The van der Waals surface area contributed by atoms with E-state index in [0.717, 1.165) is 21.7 Å². The number of carbonyl (C=O) groups is 1. The predicted molar refractivity (Wildman–Crippen MR) is 107 cm³/mol. The molecule has 0 spiro atoms. The van der Waals surface area contributed by atoms with Gasteiger partial charge in [0.1, 0.15) is 4.32 Å². The largest absolute Gasteiger partial charge is 0.358 e. The van der Waals surface area contributed by atoms with Crippen molar-refractivity contribution in [3.8, 4) is 0 Å². The molecule has 0 bridgehead atoms. The van der Waals surface area contributed by atoms with Crippen molar-refractivity contribution in [2.45, 2.75) is 54.5 Å². The highest BCUT2D eigenvalue weighted by Crippen LogP contribution is 2.35. The van der Waals surface area contributed by atoms with Crippen molar-refractivity contribution in [2.75, 3.05) is 24.2 Å². The molecule has 1 amide bonds. The second-order valence-electron chi connectivity index (χ2n) is 6.05. The quantitative estimate of drug-likeness (QED) is 0.590. The smallest absolute Gasteiger partial charge is 0.236 e. The van der Waals surface area contributed by atoms with Crippen molar-refractivity contribution in [1.29, 1.82) is 0 Å². The molecule has 2 aliphatic rings. The lowest BCUT2D eigenvalue weighted by molar-refractivity contribution is -0.113. The molecule has 3 rings (SSSR count). The molecule has 1 aliphatic heterocycles. The van der Waals surface area contributed by atoms with Gasteiger partial charge >= 0.3 is 0 Å². The number of amides is 1. The zero-order valence-corrected chi connectivity index (χ0v) is 16.8. The van der Waals surface area contributed by atoms with Gasteiger partial charge in [0.15, 0.2) is 4.34 Å². The molecule has 0 atom stereocenters. The van der Waals surface area contributed by atoms with Crippen LogP contribution in [-0.4, -0.2) is 49.4 Å². The second-order valence-corrected chi connectivity index (χ2v) is 10.2. The van der Waals surface area contributed by atoms with Crippen molar-refractivity contribution >= 4 is 62.4 Å². The summed E-state index contributed by atoms with van der Waals surface area (Å²) in [6.07, 6.45) is 8.89. The molecule has 1 saturated heterocycles. The van der Waals surface area contributed by atoms with E-state index in [4.69, 9.17) is 12.2 Å². The van der Waals surface area contributed by atoms with E-state index in [9.17, 15) is 4.79 Å². The number of rotatable bonds is 5. The fourth-order valence-corrected chi connectivity index (χ4v) is 6.23. The van der Waals surface area contributed by atoms with Crippen molar-refractivity contribution in [3.63, 3.8) is 0 Å². The van der Waals surface area contributed by atoms with Crippen LogP contribution >= 0.6 is 47.1 Å². The Labute approximate surface area is 160 Å². The third kappa shape index (κ3) is 5.57. The fourth-order valence-electron chi connectivity index (χ4n) is 2.91. The maximum absolute atomic E-state index is 12.1. The van der Waals surface area contributed by atoms with Gasteiger partial charge in [-0.25, -0.2) is 0 Å². The third-order valence-corrected chi connectivity index (χ3v) is 7.95. The van der Waals surface area contributed by atoms with Gasteiger partial charge in [-0.1, -0.05) is 66.3 Å². The first-order valence-electron chi connectivity index (χ1n) is 8.42. The van der Waals surface area contributed by atoms with Crippen molar-refractivity contribution in [3.05, 3.63) is 0 Å². The lowest BCUT2D eigenvalue weighted by Gasteiger charge is -2.19. The average Bonchev–Trinajstić information content (AvgIpc) is 3.26. The van der Waals surface area contributed by atoms with E-state index in [2.05, 4.69) is 20.4 Å². The molecule has 9 heteroatoms. The summed E-state index contributed by atoms with van der Waals surface area (Å²) in [6, 6.07) is 0. The molecule has 2 fully saturated rings. The first-order valence-corrected chi connectivity index (χ1v) is 11.5. The highest BCUT2D eigenvalue weighted by atomic mass is 32.2. The van der Waals surface area contributed by atoms with Crippen LogP contribution in [0, 0.1) is 0 Å². The van der Waals surface area contributed by atoms with Gasteiger partial charge in [-0.3, -0.25) is 10.1 Å². The Morgan fingerprint density at radius 3 is 2.71 bits per heavy atom. The van der Waals surface area contributed by atoms with Crippen LogP contribution in [0.1, 0.15) is 44.9 Å². The number of hydrogen-bond acceptors (Lipinski definition) is 7. The third-order valence-electron chi connectivity index (χ3n) is 4.16. The van der Waals surface area contributed by atoms with Crippen molar-refractivity contribution in [2.24, 2.45) is 0 Å². The molecule has 1 aromatic rings. The summed E-state index contributed by atoms with van der Waals surface area (Å²) in [4.78, 5) is 14.2. The summed E-state index contributed by atoms with van der Waals surface area (Å²) in [6.45, 7) is 2.04. The van der Waals surface area contributed by atoms with Crippen molar-refractivity contribution in [1.82, 2.24) is 15.1 Å². The predicted octanol–water partition coefficient (Wildman–Crippen LogP) is 4.02. The molecule has 132 valence electrons. The molecule has 2 heterocycles. The van der Waals surface area contributed by atoms with Gasteiger partial charge in [0.05, 0.1) is 5.75 Å². The van der Waals surface area contributed by atoms with E-state index < -0.39 is 0 Å². The monoisotopic (exact) mass is 402 g/mol. The second kappa shape index (κ2) is 9.35. The molecule has 24 heavy (non-hydrogen) atoms. The number of carbonyl (C=O) groups excluding carboxylic acids is 1. The summed E-state index contributed by atoms with van der Waals surface area (Å²) in [5, 5.41) is 12.4. The van der Waals surface area contributed by atoms with E-state index in [0.29, 0.717) is 16.1 Å². The van der Waals surface area contributed by atoms with E-state index in [1.165, 1.54) is 68.0 Å². The molecule has 0 radical (unpaired) electrons. The molecule has 0 unspecified atom stereocenters. The number of aromatic nitrogens is 2. The molecule has 5 nitrogen and oxygen atoms in total. The van der Waals surface area contributed by atoms with Gasteiger partial charge in [0.25, 0.3) is 0 Å². The van der Waals surface area contributed by atoms with Gasteiger partial charge < -0.3 is 4.90 Å². The Kier molecular flexibility index (Phi) is 7.18. The summed E-state index contributed by atoms with van der Waals surface area (Å²) in [7, 11) is 0. The Balaban J connectivity index is 1.40. The molecule has 0 aromatic carbocycles. The molecule has 1 saturated carbocycles. The van der Waals surface area contributed by atoms with E-state index in [1.54, 1.807) is 0 Å². The summed E-state index contributed by atoms with van der Waals surface area (Å²) < 4.78 is 1.78. The molecule has 1 aliphatic carbocycles. The minimum absolute atomic E-state index is 0.0630. The number of thiocarbonyl (C=S) groups is 1. The van der Waals surface area contributed by atoms with E-state index >= 15 is 0 Å². The number of nitrogens with one attached hydrogen (secondary N) is 1. The topological polar surface area (TPSA) is 58.1 Å². The zero-order chi connectivity index (χ0) is 16.8. The number of nitrogens with zero attached hydrogens (tertiary/aromatic N) is 3. The number of hydrogen-bond donors (Lipinski definition) is 1. The fraction of sp³-hybridized carbons (Fsp3) is 0.733. The zero-order valence-electron chi connectivity index (χ0n) is 13.5. The highest BCUT2D eigenvalue weighted by molar-refractivity contribution is 8.23. The Morgan fingerprint density at radius 2 is 1.96 bits per heavy atom. The number of anilines is 1. The van der Waals surface area contributed by atoms with Crippen LogP contribution in [0.5, 0.6) is 0 Å². The van der Waals surface area contributed by atoms with Crippen LogP contribution in [0.15, 0.2) is 4.34 Å². The van der Waals surface area contributed by atoms with Gasteiger partial charge in [0, 0.05) is 18.3 Å². The van der Waals surface area contributed by atoms with Crippen LogP contribution in [-0.2, 0) is 4.79 Å². The van der Waals surface area contributed by atoms with Gasteiger partial charge in [-0.2, -0.15) is 0 Å². The van der Waals surface area contributed by atoms with Crippen LogP contribution < -0.4 is 5.32 Å². The lowest BCUT2D eigenvalue weighted by Crippen LogP contribution is -2.25. The maximum Gasteiger partial charge on any atom is 0.236 e. The van der Waals surface area contributed by atoms with E-state index in [1.807, 2.05) is 11.8 Å². The summed E-state index contributed by atoms with van der Waals surface area (Å²) >= 11 is 10.1. The Bertz CT molecular complexity index is 568. The first-order chi connectivity index (χ1) is 11.7. The average molecular weight is 403 g/mol. The molecule has 1 aromatic heterocycles. The van der Waals surface area contributed by atoms with Crippen LogP contribution in [0.25, 0.3) is 0 Å². The molecular formula is C15H22N4OS4. The highest BCUT2D eigenvalue weighted by Gasteiger charge is 2.19. The standard InChI is InChI=1S/C15H22N4OS4/c20-12(10-22-15(21)19-8-4-5-9-19)16-13-17-18-14(24-13)23-11-6-2-1-3-7-11/h11H,1-10H2,(H,16,17,20). The van der Waals surface area contributed by atoms with Crippen LogP contribution in [0.2, 0.25) is 0 Å². The van der Waals surface area contributed by atoms with Crippen LogP contribution in [0.4, 0.5) is 5.13 Å². The van der Waals surface area contributed by atoms with E-state index in [-0.39, 0.29) is 5.91 Å². The van der Waals surface area contributed by atoms with Gasteiger partial charge in [-0.15, -0.1) is 10.2 Å². The molecule has 1 N–H and O–H groups in total. The molecular weight excluding hydrogens is 380 g/mol. The minimum Gasteiger partial charge on any atom is -0.358 e. The normalized spacial score (nSPS) is 18.8. The summed E-state index contributed by atoms with van der Waals surface area (Å²) in [5.41, 5.74) is 0. The Hall–Kier alpha value is -0.380. The van der Waals surface area contributed by atoms with Gasteiger partial charge in [0.2, 0.25) is 11.0 Å². The Morgan fingerprint density at radius 1 is 1.21 bits per heavy atom. The number of likely N-dealkylation sites (tertiary alicyclic amines) is 1. The minimum atomic E-state index is -0.0630. The van der Waals surface area contributed by atoms with Gasteiger partial charge in [-0.05, 0) is 25.7 Å². The maximum atomic E-state index is 12.1.